The van der Waals surface area contributed by atoms with Gasteiger partial charge < -0.3 is 14.7 Å². The van der Waals surface area contributed by atoms with Crippen LogP contribution in [0.25, 0.3) is 0 Å². The van der Waals surface area contributed by atoms with Gasteiger partial charge in [0.25, 0.3) is 5.91 Å². The summed E-state index contributed by atoms with van der Waals surface area (Å²) in [6.07, 6.45) is 1.10. The maximum Gasteiger partial charge on any atom is 0.254 e. The minimum atomic E-state index is -0.787. The summed E-state index contributed by atoms with van der Waals surface area (Å²) in [5.74, 6) is -0.464. The summed E-state index contributed by atoms with van der Waals surface area (Å²) in [6.45, 7) is 5.19. The first-order chi connectivity index (χ1) is 10.4. The highest BCUT2D eigenvalue weighted by atomic mass is 19.1. The number of aryl methyl sites for hydroxylation is 1. The van der Waals surface area contributed by atoms with Crippen LogP contribution in [0.1, 0.15) is 35.7 Å². The van der Waals surface area contributed by atoms with E-state index in [4.69, 9.17) is 4.74 Å². The molecular formula is C17H24FNO3. The molecule has 0 radical (unpaired) electrons. The molecule has 1 saturated heterocycles. The Hall–Kier alpha value is -1.46. The van der Waals surface area contributed by atoms with Gasteiger partial charge in [0.05, 0.1) is 5.60 Å². The van der Waals surface area contributed by atoms with Gasteiger partial charge >= 0.3 is 0 Å². The number of benzene rings is 1. The molecule has 2 rings (SSSR count). The molecule has 0 aromatic heterocycles. The summed E-state index contributed by atoms with van der Waals surface area (Å²) < 4.78 is 18.2. The van der Waals surface area contributed by atoms with Crippen LogP contribution in [0.4, 0.5) is 4.39 Å². The van der Waals surface area contributed by atoms with Crippen molar-refractivity contribution < 1.29 is 19.0 Å². The average molecular weight is 309 g/mol. The number of methoxy groups -OCH3 is 1. The number of nitrogens with zero attached hydrogens (tertiary/aromatic N) is 1. The molecule has 4 nitrogen and oxygen atoms in total. The highest BCUT2D eigenvalue weighted by Gasteiger charge is 2.39. The number of carbonyl (C=O) groups is 1. The van der Waals surface area contributed by atoms with E-state index in [-0.39, 0.29) is 17.6 Å². The monoisotopic (exact) mass is 309 g/mol. The minimum absolute atomic E-state index is 0.0268. The number of carbonyl (C=O) groups excluding carboxylic acids is 1. The largest absolute Gasteiger partial charge is 0.389 e. The number of likely N-dealkylation sites (tertiary alicyclic amines) is 1. The zero-order valence-electron chi connectivity index (χ0n) is 13.4. The molecule has 1 N–H and O–H groups in total. The molecule has 22 heavy (non-hydrogen) atoms. The topological polar surface area (TPSA) is 49.8 Å². The van der Waals surface area contributed by atoms with Crippen molar-refractivity contribution in [1.82, 2.24) is 4.90 Å². The molecule has 1 amide bonds. The first-order valence-corrected chi connectivity index (χ1v) is 7.64. The Balaban J connectivity index is 2.08. The maximum absolute atomic E-state index is 13.2. The Labute approximate surface area is 130 Å². The van der Waals surface area contributed by atoms with Gasteiger partial charge in [-0.15, -0.1) is 0 Å². The van der Waals surface area contributed by atoms with E-state index in [1.54, 1.807) is 18.9 Å². The first kappa shape index (κ1) is 16.9. The Morgan fingerprint density at radius 3 is 2.86 bits per heavy atom. The zero-order valence-corrected chi connectivity index (χ0v) is 13.4. The molecule has 0 aliphatic carbocycles. The summed E-state index contributed by atoms with van der Waals surface area (Å²) in [7, 11) is 1.62. The van der Waals surface area contributed by atoms with E-state index in [2.05, 4.69) is 0 Å². The van der Waals surface area contributed by atoms with E-state index >= 15 is 0 Å². The van der Waals surface area contributed by atoms with E-state index in [1.807, 2.05) is 6.92 Å². The van der Waals surface area contributed by atoms with Gasteiger partial charge in [-0.05, 0) is 43.5 Å². The van der Waals surface area contributed by atoms with E-state index in [0.717, 1.165) is 0 Å². The highest BCUT2D eigenvalue weighted by Crippen LogP contribution is 2.31. The second-order valence-corrected chi connectivity index (χ2v) is 6.21. The summed E-state index contributed by atoms with van der Waals surface area (Å²) in [4.78, 5) is 14.3. The quantitative estimate of drug-likeness (QED) is 0.929. The molecule has 2 atom stereocenters. The van der Waals surface area contributed by atoms with E-state index in [0.29, 0.717) is 43.7 Å². The number of rotatable bonds is 4. The van der Waals surface area contributed by atoms with Crippen LogP contribution in [0.3, 0.4) is 0 Å². The number of hydrogen-bond acceptors (Lipinski definition) is 3. The van der Waals surface area contributed by atoms with Crippen LogP contribution in [-0.4, -0.2) is 48.3 Å². The molecule has 0 spiro atoms. The van der Waals surface area contributed by atoms with Crippen molar-refractivity contribution >= 4 is 5.91 Å². The fourth-order valence-electron chi connectivity index (χ4n) is 3.04. The molecule has 1 aliphatic rings. The lowest BCUT2D eigenvalue weighted by atomic mass is 9.79. The van der Waals surface area contributed by atoms with Crippen molar-refractivity contribution in [3.63, 3.8) is 0 Å². The SMILES string of the molecule is COCCC1(O)CCN(C(=O)c2ccc(F)cc2C)CC1C. The van der Waals surface area contributed by atoms with Crippen molar-refractivity contribution in [2.75, 3.05) is 26.8 Å². The molecule has 0 saturated carbocycles. The third-order valence-electron chi connectivity index (χ3n) is 4.67. The molecule has 1 heterocycles. The molecular weight excluding hydrogens is 285 g/mol. The highest BCUT2D eigenvalue weighted by molar-refractivity contribution is 5.95. The van der Waals surface area contributed by atoms with E-state index in [9.17, 15) is 14.3 Å². The Morgan fingerprint density at radius 1 is 1.55 bits per heavy atom. The van der Waals surface area contributed by atoms with Crippen LogP contribution in [0.5, 0.6) is 0 Å². The molecule has 122 valence electrons. The number of aliphatic hydroxyl groups is 1. The summed E-state index contributed by atoms with van der Waals surface area (Å²) in [5, 5.41) is 10.7. The Kier molecular flexibility index (Phi) is 5.19. The van der Waals surface area contributed by atoms with Gasteiger partial charge in [-0.1, -0.05) is 6.92 Å². The molecule has 1 aromatic rings. The zero-order chi connectivity index (χ0) is 16.3. The van der Waals surface area contributed by atoms with Crippen molar-refractivity contribution in [2.24, 2.45) is 5.92 Å². The van der Waals surface area contributed by atoms with Crippen molar-refractivity contribution in [3.05, 3.63) is 35.1 Å². The van der Waals surface area contributed by atoms with Gasteiger partial charge in [-0.3, -0.25) is 4.79 Å². The van der Waals surface area contributed by atoms with Gasteiger partial charge in [0.15, 0.2) is 0 Å². The predicted octanol–water partition coefficient (Wildman–Crippen LogP) is 2.38. The van der Waals surface area contributed by atoms with Crippen LogP contribution in [0, 0.1) is 18.7 Å². The second kappa shape index (κ2) is 6.75. The van der Waals surface area contributed by atoms with E-state index in [1.165, 1.54) is 18.2 Å². The van der Waals surface area contributed by atoms with Crippen LogP contribution in [0.2, 0.25) is 0 Å². The van der Waals surface area contributed by atoms with E-state index < -0.39 is 5.60 Å². The van der Waals surface area contributed by atoms with Gasteiger partial charge in [-0.25, -0.2) is 4.39 Å². The average Bonchev–Trinajstić information content (AvgIpc) is 2.47. The summed E-state index contributed by atoms with van der Waals surface area (Å²) in [5.41, 5.74) is 0.374. The van der Waals surface area contributed by atoms with Crippen molar-refractivity contribution in [2.45, 2.75) is 32.3 Å². The van der Waals surface area contributed by atoms with Gasteiger partial charge in [-0.2, -0.15) is 0 Å². The molecule has 1 aliphatic heterocycles. The fourth-order valence-corrected chi connectivity index (χ4v) is 3.04. The third kappa shape index (κ3) is 3.47. The van der Waals surface area contributed by atoms with Crippen molar-refractivity contribution in [3.8, 4) is 0 Å². The number of hydrogen-bond donors (Lipinski definition) is 1. The van der Waals surface area contributed by atoms with Gasteiger partial charge in [0, 0.05) is 38.3 Å². The molecule has 1 fully saturated rings. The lowest BCUT2D eigenvalue weighted by Gasteiger charge is -2.43. The Bertz CT molecular complexity index is 549. The lowest BCUT2D eigenvalue weighted by Crippen LogP contribution is -2.53. The lowest BCUT2D eigenvalue weighted by molar-refractivity contribution is -0.0750. The normalized spacial score (nSPS) is 25.3. The predicted molar refractivity (Wildman–Crippen MR) is 82.3 cm³/mol. The number of amides is 1. The standard InChI is InChI=1S/C17H24FNO3/c1-12-10-14(18)4-5-15(12)16(20)19-8-6-17(21,7-9-22-3)13(2)11-19/h4-5,10,13,21H,6-9,11H2,1-3H3. The smallest absolute Gasteiger partial charge is 0.254 e. The van der Waals surface area contributed by atoms with Gasteiger partial charge in [0.1, 0.15) is 5.82 Å². The molecule has 5 heteroatoms. The minimum Gasteiger partial charge on any atom is -0.389 e. The maximum atomic E-state index is 13.2. The summed E-state index contributed by atoms with van der Waals surface area (Å²) in [6, 6.07) is 4.21. The molecule has 2 unspecified atom stereocenters. The number of halogens is 1. The first-order valence-electron chi connectivity index (χ1n) is 7.64. The molecule has 0 bridgehead atoms. The number of ether oxygens (including phenoxy) is 1. The van der Waals surface area contributed by atoms with Crippen LogP contribution < -0.4 is 0 Å². The Morgan fingerprint density at radius 2 is 2.27 bits per heavy atom. The van der Waals surface area contributed by atoms with Crippen LogP contribution in [-0.2, 0) is 4.74 Å². The van der Waals surface area contributed by atoms with Crippen LogP contribution >= 0.6 is 0 Å². The third-order valence-corrected chi connectivity index (χ3v) is 4.67. The van der Waals surface area contributed by atoms with Crippen LogP contribution in [0.15, 0.2) is 18.2 Å². The van der Waals surface area contributed by atoms with Gasteiger partial charge in [0.2, 0.25) is 0 Å². The summed E-state index contributed by atoms with van der Waals surface area (Å²) >= 11 is 0. The fraction of sp³-hybridized carbons (Fsp3) is 0.588. The molecule has 1 aromatic carbocycles. The second-order valence-electron chi connectivity index (χ2n) is 6.21. The van der Waals surface area contributed by atoms with Crippen molar-refractivity contribution in [1.29, 1.82) is 0 Å². The number of piperidine rings is 1.